The molecule has 0 spiro atoms. The number of amides is 2. The third-order valence-electron chi connectivity index (χ3n) is 4.63. The number of unbranched alkanes of at least 4 members (excludes halogenated alkanes) is 4. The van der Waals surface area contributed by atoms with Crippen molar-refractivity contribution in [2.75, 3.05) is 50.2 Å². The Morgan fingerprint density at radius 3 is 2.61 bits per heavy atom. The van der Waals surface area contributed by atoms with Gasteiger partial charge in [0.2, 0.25) is 0 Å². The number of hydrogen-bond donors (Lipinski definition) is 2. The summed E-state index contributed by atoms with van der Waals surface area (Å²) in [5.74, 6) is -0.157. The molecule has 7 nitrogen and oxygen atoms in total. The first-order valence-electron chi connectivity index (χ1n) is 9.84. The summed E-state index contributed by atoms with van der Waals surface area (Å²) in [6.07, 6.45) is 5.26. The lowest BCUT2D eigenvalue weighted by molar-refractivity contribution is -0.140. The summed E-state index contributed by atoms with van der Waals surface area (Å²) in [6.45, 7) is 3.40. The molecule has 8 heteroatoms. The highest BCUT2D eigenvalue weighted by atomic mass is 35.5. The minimum Gasteiger partial charge on any atom is -0.469 e. The number of morpholine rings is 1. The van der Waals surface area contributed by atoms with E-state index in [0.717, 1.165) is 50.9 Å². The van der Waals surface area contributed by atoms with Crippen molar-refractivity contribution < 1.29 is 19.1 Å². The van der Waals surface area contributed by atoms with Gasteiger partial charge in [-0.1, -0.05) is 36.9 Å². The Morgan fingerprint density at radius 1 is 1.14 bits per heavy atom. The number of nitrogens with zero attached hydrogens (tertiary/aromatic N) is 1. The van der Waals surface area contributed by atoms with Crippen molar-refractivity contribution in [3.8, 4) is 0 Å². The third kappa shape index (κ3) is 7.56. The number of ether oxygens (including phenoxy) is 2. The molecule has 2 N–H and O–H groups in total. The van der Waals surface area contributed by atoms with E-state index < -0.39 is 0 Å². The second kappa shape index (κ2) is 12.5. The minimum atomic E-state index is -0.234. The number of halogens is 1. The topological polar surface area (TPSA) is 79.9 Å². The number of carbonyl (C=O) groups is 2. The number of rotatable bonds is 10. The highest BCUT2D eigenvalue weighted by molar-refractivity contribution is 6.34. The zero-order valence-corrected chi connectivity index (χ0v) is 17.2. The summed E-state index contributed by atoms with van der Waals surface area (Å²) in [7, 11) is 1.41. The van der Waals surface area contributed by atoms with Gasteiger partial charge in [0.25, 0.3) is 0 Å². The lowest BCUT2D eigenvalue weighted by Gasteiger charge is -2.31. The molecule has 1 aromatic carbocycles. The van der Waals surface area contributed by atoms with Gasteiger partial charge in [0.05, 0.1) is 36.7 Å². The predicted molar refractivity (Wildman–Crippen MR) is 111 cm³/mol. The van der Waals surface area contributed by atoms with Gasteiger partial charge in [-0.2, -0.15) is 0 Å². The summed E-state index contributed by atoms with van der Waals surface area (Å²) in [5, 5.41) is 6.42. The Labute approximate surface area is 171 Å². The molecule has 0 aliphatic carbocycles. The SMILES string of the molecule is COC(=O)CCCCCCCNC(=O)Nc1cccc(Cl)c1N1CCOCC1. The lowest BCUT2D eigenvalue weighted by atomic mass is 10.1. The monoisotopic (exact) mass is 411 g/mol. The minimum absolute atomic E-state index is 0.157. The van der Waals surface area contributed by atoms with Crippen molar-refractivity contribution in [3.05, 3.63) is 23.2 Å². The smallest absolute Gasteiger partial charge is 0.319 e. The molecule has 1 heterocycles. The van der Waals surface area contributed by atoms with Gasteiger partial charge in [0.15, 0.2) is 0 Å². The quantitative estimate of drug-likeness (QED) is 0.452. The standard InChI is InChI=1S/C20H30ClN3O4/c1-27-18(25)10-5-3-2-4-6-11-22-20(26)23-17-9-7-8-16(21)19(17)24-12-14-28-15-13-24/h7-9H,2-6,10-15H2,1H3,(H2,22,23,26). The number of esters is 1. The molecular formula is C20H30ClN3O4. The average molecular weight is 412 g/mol. The van der Waals surface area contributed by atoms with Crippen molar-refractivity contribution in [1.29, 1.82) is 0 Å². The molecule has 1 fully saturated rings. The van der Waals surface area contributed by atoms with Gasteiger partial charge in [-0.25, -0.2) is 4.79 Å². The van der Waals surface area contributed by atoms with Crippen molar-refractivity contribution >= 4 is 35.0 Å². The third-order valence-corrected chi connectivity index (χ3v) is 4.94. The fourth-order valence-corrected chi connectivity index (χ4v) is 3.41. The van der Waals surface area contributed by atoms with Gasteiger partial charge >= 0.3 is 12.0 Å². The van der Waals surface area contributed by atoms with E-state index in [0.29, 0.717) is 36.9 Å². The van der Waals surface area contributed by atoms with Crippen LogP contribution in [0, 0.1) is 0 Å². The number of methoxy groups -OCH3 is 1. The molecule has 0 unspecified atom stereocenters. The molecule has 1 aromatic rings. The second-order valence-corrected chi connectivity index (χ2v) is 7.12. The van der Waals surface area contributed by atoms with Crippen LogP contribution in [0.2, 0.25) is 5.02 Å². The van der Waals surface area contributed by atoms with Crippen LogP contribution < -0.4 is 15.5 Å². The predicted octanol–water partition coefficient (Wildman–Crippen LogP) is 3.81. The Hall–Kier alpha value is -1.99. The largest absolute Gasteiger partial charge is 0.469 e. The van der Waals surface area contributed by atoms with E-state index >= 15 is 0 Å². The Kier molecular flexibility index (Phi) is 9.93. The van der Waals surface area contributed by atoms with E-state index in [1.807, 2.05) is 18.2 Å². The van der Waals surface area contributed by atoms with Crippen molar-refractivity contribution in [2.24, 2.45) is 0 Å². The molecule has 156 valence electrons. The summed E-state index contributed by atoms with van der Waals surface area (Å²) < 4.78 is 10.0. The average Bonchev–Trinajstić information content (AvgIpc) is 2.70. The van der Waals surface area contributed by atoms with Gasteiger partial charge in [-0.15, -0.1) is 0 Å². The number of benzene rings is 1. The normalized spacial score (nSPS) is 13.9. The molecule has 1 aliphatic heterocycles. The van der Waals surface area contributed by atoms with E-state index in [9.17, 15) is 9.59 Å². The van der Waals surface area contributed by atoms with E-state index in [-0.39, 0.29) is 12.0 Å². The second-order valence-electron chi connectivity index (χ2n) is 6.71. The van der Waals surface area contributed by atoms with Crippen molar-refractivity contribution in [1.82, 2.24) is 5.32 Å². The van der Waals surface area contributed by atoms with Gasteiger partial charge < -0.3 is 25.0 Å². The number of urea groups is 1. The van der Waals surface area contributed by atoms with Crippen LogP contribution in [0.1, 0.15) is 38.5 Å². The van der Waals surface area contributed by atoms with E-state index in [1.54, 1.807) is 0 Å². The molecule has 2 amide bonds. The van der Waals surface area contributed by atoms with Crippen LogP contribution in [0.4, 0.5) is 16.2 Å². The molecule has 28 heavy (non-hydrogen) atoms. The first-order valence-corrected chi connectivity index (χ1v) is 10.2. The molecular weight excluding hydrogens is 382 g/mol. The molecule has 0 bridgehead atoms. The molecule has 2 rings (SSSR count). The highest BCUT2D eigenvalue weighted by Gasteiger charge is 2.18. The molecule has 1 saturated heterocycles. The molecule has 0 saturated carbocycles. The van der Waals surface area contributed by atoms with Gasteiger partial charge in [-0.05, 0) is 25.0 Å². The summed E-state index contributed by atoms with van der Waals surface area (Å²) in [6, 6.07) is 5.28. The molecule has 0 radical (unpaired) electrons. The van der Waals surface area contributed by atoms with Crippen LogP contribution in [-0.4, -0.2) is 52.0 Å². The first kappa shape index (κ1) is 22.3. The maximum Gasteiger partial charge on any atom is 0.319 e. The van der Waals surface area contributed by atoms with Crippen LogP contribution in [0.5, 0.6) is 0 Å². The number of nitrogens with one attached hydrogen (secondary N) is 2. The fourth-order valence-electron chi connectivity index (χ4n) is 3.12. The van der Waals surface area contributed by atoms with Crippen molar-refractivity contribution in [3.63, 3.8) is 0 Å². The Bertz CT molecular complexity index is 636. The number of para-hydroxylation sites is 1. The van der Waals surface area contributed by atoms with Crippen LogP contribution in [-0.2, 0) is 14.3 Å². The molecule has 1 aliphatic rings. The van der Waals surface area contributed by atoms with Crippen LogP contribution >= 0.6 is 11.6 Å². The Morgan fingerprint density at radius 2 is 1.86 bits per heavy atom. The number of hydrogen-bond acceptors (Lipinski definition) is 5. The van der Waals surface area contributed by atoms with Gasteiger partial charge in [0.1, 0.15) is 0 Å². The zero-order valence-electron chi connectivity index (χ0n) is 16.5. The first-order chi connectivity index (χ1) is 13.6. The maximum atomic E-state index is 12.2. The summed E-state index contributed by atoms with van der Waals surface area (Å²) in [5.41, 5.74) is 1.54. The molecule has 0 aromatic heterocycles. The molecule has 0 atom stereocenters. The summed E-state index contributed by atoms with van der Waals surface area (Å²) in [4.78, 5) is 25.4. The fraction of sp³-hybridized carbons (Fsp3) is 0.600. The lowest BCUT2D eigenvalue weighted by Crippen LogP contribution is -2.37. The Balaban J connectivity index is 1.69. The number of anilines is 2. The maximum absolute atomic E-state index is 12.2. The van der Waals surface area contributed by atoms with Gasteiger partial charge in [-0.3, -0.25) is 4.79 Å². The number of carbonyl (C=O) groups excluding carboxylic acids is 2. The summed E-state index contributed by atoms with van der Waals surface area (Å²) >= 11 is 6.38. The zero-order chi connectivity index (χ0) is 20.2. The van der Waals surface area contributed by atoms with Crippen LogP contribution in [0.15, 0.2) is 18.2 Å². The van der Waals surface area contributed by atoms with E-state index in [1.165, 1.54) is 7.11 Å². The van der Waals surface area contributed by atoms with Crippen LogP contribution in [0.3, 0.4) is 0 Å². The van der Waals surface area contributed by atoms with Crippen LogP contribution in [0.25, 0.3) is 0 Å². The van der Waals surface area contributed by atoms with E-state index in [4.69, 9.17) is 16.3 Å². The van der Waals surface area contributed by atoms with Gasteiger partial charge in [0, 0.05) is 26.1 Å². The van der Waals surface area contributed by atoms with Crippen molar-refractivity contribution in [2.45, 2.75) is 38.5 Å². The van der Waals surface area contributed by atoms with E-state index in [2.05, 4.69) is 20.3 Å². The highest BCUT2D eigenvalue weighted by Crippen LogP contribution is 2.34.